The van der Waals surface area contributed by atoms with Crippen LogP contribution in [0.1, 0.15) is 30.9 Å². The average Bonchev–Trinajstić information content (AvgIpc) is 4.21. The second-order valence-electron chi connectivity index (χ2n) is 16.2. The number of carbonyl (C=O) groups is 3. The Balaban J connectivity index is 0.000000235. The van der Waals surface area contributed by atoms with Crippen LogP contribution in [0.2, 0.25) is 5.02 Å². The first-order valence-corrected chi connectivity index (χ1v) is 26.1. The predicted molar refractivity (Wildman–Crippen MR) is 282 cm³/mol. The molecule has 3 heterocycles. The Hall–Kier alpha value is -9.42. The molecule has 0 saturated carbocycles. The van der Waals surface area contributed by atoms with Crippen molar-refractivity contribution in [2.75, 3.05) is 50.1 Å². The SMILES string of the molecule is CCCC(=O)O.CN(CC(=O)NCCc1ccc(S(N)(=O)=O)cc1)c1ccc([N+](=O)[O-])c2nonc12.CN(CC(=O)O)c1ccc([N+](=O)[O-])c2nonc12.NCCc1ccc(S(N)(=O)=O)cc1.O=[N+]([O-])c1ccc(Cl)c2nonc12. The summed E-state index contributed by atoms with van der Waals surface area (Å²) in [6, 6.07) is 20.5. The van der Waals surface area contributed by atoms with Gasteiger partial charge in [-0.1, -0.05) is 42.8 Å². The molecule has 0 atom stereocenters. The number of aromatic nitrogens is 6. The molecule has 0 saturated heterocycles. The molecule has 8 aromatic rings. The number of anilines is 2. The van der Waals surface area contributed by atoms with E-state index < -0.39 is 46.8 Å². The molecule has 0 aliphatic heterocycles. The number of amides is 1. The maximum atomic E-state index is 12.2. The Morgan fingerprint density at radius 3 is 1.32 bits per heavy atom. The number of benzene rings is 5. The van der Waals surface area contributed by atoms with Crippen molar-refractivity contribution in [3.63, 3.8) is 0 Å². The molecular formula is C44H48ClN15O18S2. The van der Waals surface area contributed by atoms with E-state index in [4.69, 9.17) is 37.8 Å². The minimum atomic E-state index is -3.74. The molecule has 36 heteroatoms. The van der Waals surface area contributed by atoms with Crippen LogP contribution in [0.4, 0.5) is 28.4 Å². The minimum absolute atomic E-state index is 0.00487. The highest BCUT2D eigenvalue weighted by atomic mass is 35.5. The number of halogens is 1. The Kier molecular flexibility index (Phi) is 22.7. The number of likely N-dealkylation sites (N-methyl/N-ethyl adjacent to an activating group) is 2. The molecule has 33 nitrogen and oxygen atoms in total. The summed E-state index contributed by atoms with van der Waals surface area (Å²) in [6.07, 6.45) is 2.26. The van der Waals surface area contributed by atoms with Crippen molar-refractivity contribution in [2.24, 2.45) is 16.0 Å². The fourth-order valence-electron chi connectivity index (χ4n) is 6.63. The molecule has 0 bridgehead atoms. The molecule has 0 fully saturated rings. The molecule has 0 unspecified atom stereocenters. The van der Waals surface area contributed by atoms with E-state index in [9.17, 15) is 61.6 Å². The molecule has 1 amide bonds. The maximum absolute atomic E-state index is 12.2. The largest absolute Gasteiger partial charge is 0.481 e. The van der Waals surface area contributed by atoms with Crippen molar-refractivity contribution in [2.45, 2.75) is 42.4 Å². The van der Waals surface area contributed by atoms with Crippen molar-refractivity contribution in [1.29, 1.82) is 0 Å². The van der Waals surface area contributed by atoms with E-state index in [1.807, 2.05) is 6.92 Å². The number of primary sulfonamides is 2. The maximum Gasteiger partial charge on any atom is 0.323 e. The molecule has 8 rings (SSSR count). The zero-order chi connectivity index (χ0) is 59.5. The van der Waals surface area contributed by atoms with Gasteiger partial charge in [0.1, 0.15) is 6.54 Å². The number of carboxylic acids is 2. The second kappa shape index (κ2) is 28.8. The number of nitrogens with one attached hydrogen (secondary N) is 1. The predicted octanol–water partition coefficient (Wildman–Crippen LogP) is 3.72. The van der Waals surface area contributed by atoms with Crippen LogP contribution in [0.15, 0.2) is 109 Å². The van der Waals surface area contributed by atoms with E-state index in [2.05, 4.69) is 50.1 Å². The lowest BCUT2D eigenvalue weighted by Crippen LogP contribution is -2.36. The van der Waals surface area contributed by atoms with Crippen LogP contribution < -0.4 is 31.1 Å². The fraction of sp³-hybridized carbons (Fsp3) is 0.250. The first kappa shape index (κ1) is 63.1. The highest BCUT2D eigenvalue weighted by Gasteiger charge is 2.24. The Labute approximate surface area is 455 Å². The van der Waals surface area contributed by atoms with Gasteiger partial charge in [0.2, 0.25) is 42.5 Å². The lowest BCUT2D eigenvalue weighted by molar-refractivity contribution is -0.383. The van der Waals surface area contributed by atoms with Gasteiger partial charge in [-0.15, -0.1) is 0 Å². The molecule has 9 N–H and O–H groups in total. The minimum Gasteiger partial charge on any atom is -0.481 e. The summed E-state index contributed by atoms with van der Waals surface area (Å²) < 4.78 is 57.7. The van der Waals surface area contributed by atoms with E-state index in [0.717, 1.165) is 24.0 Å². The van der Waals surface area contributed by atoms with E-state index in [1.165, 1.54) is 72.6 Å². The lowest BCUT2D eigenvalue weighted by Gasteiger charge is -2.18. The number of rotatable bonds is 18. The van der Waals surface area contributed by atoms with Crippen molar-refractivity contribution in [3.8, 4) is 0 Å². The number of nitro groups is 3. The van der Waals surface area contributed by atoms with Gasteiger partial charge in [-0.3, -0.25) is 44.7 Å². The van der Waals surface area contributed by atoms with Gasteiger partial charge in [0, 0.05) is 45.3 Å². The van der Waals surface area contributed by atoms with Crippen molar-refractivity contribution in [3.05, 3.63) is 131 Å². The number of aliphatic carboxylic acids is 2. The first-order chi connectivity index (χ1) is 37.7. The van der Waals surface area contributed by atoms with Crippen molar-refractivity contribution < 1.29 is 70.1 Å². The van der Waals surface area contributed by atoms with Crippen LogP contribution in [0.3, 0.4) is 0 Å². The zero-order valence-corrected chi connectivity index (χ0v) is 44.4. The molecule has 80 heavy (non-hydrogen) atoms. The molecule has 0 aliphatic rings. The molecule has 0 radical (unpaired) electrons. The van der Waals surface area contributed by atoms with Gasteiger partial charge >= 0.3 is 29.0 Å². The molecule has 0 aliphatic carbocycles. The van der Waals surface area contributed by atoms with E-state index in [-0.39, 0.29) is 84.0 Å². The number of fused-ring (bicyclic) bond motifs is 3. The van der Waals surface area contributed by atoms with Crippen LogP contribution >= 0.6 is 11.6 Å². The van der Waals surface area contributed by atoms with Crippen LogP contribution in [0.25, 0.3) is 33.1 Å². The lowest BCUT2D eigenvalue weighted by atomic mass is 10.1. The number of nitrogens with two attached hydrogens (primary N) is 3. The third kappa shape index (κ3) is 18.1. The van der Waals surface area contributed by atoms with Gasteiger partial charge in [-0.2, -0.15) is 0 Å². The van der Waals surface area contributed by atoms with Gasteiger partial charge < -0.3 is 31.1 Å². The summed E-state index contributed by atoms with van der Waals surface area (Å²) in [5.74, 6) is -2.01. The number of hydrogen-bond acceptors (Lipinski definition) is 25. The van der Waals surface area contributed by atoms with Crippen LogP contribution in [-0.2, 0) is 47.3 Å². The number of sulfonamides is 2. The van der Waals surface area contributed by atoms with Crippen molar-refractivity contribution >= 4 is 111 Å². The van der Waals surface area contributed by atoms with Gasteiger partial charge in [0.05, 0.1) is 47.5 Å². The topological polar surface area (TPSA) is 503 Å². The summed E-state index contributed by atoms with van der Waals surface area (Å²) in [6.45, 7) is 2.44. The average molecular weight is 1170 g/mol. The number of nitrogens with zero attached hydrogens (tertiary/aromatic N) is 11. The summed E-state index contributed by atoms with van der Waals surface area (Å²) in [4.78, 5) is 66.1. The normalized spacial score (nSPS) is 10.8. The Morgan fingerprint density at radius 1 is 0.588 bits per heavy atom. The highest BCUT2D eigenvalue weighted by molar-refractivity contribution is 7.89. The molecule has 426 valence electrons. The van der Waals surface area contributed by atoms with Crippen LogP contribution in [0, 0.1) is 30.3 Å². The number of nitro benzene ring substituents is 3. The highest BCUT2D eigenvalue weighted by Crippen LogP contribution is 2.32. The number of carbonyl (C=O) groups excluding carboxylic acids is 1. The molecular weight excluding hydrogens is 1130 g/mol. The third-order valence-corrected chi connectivity index (χ3v) is 12.6. The van der Waals surface area contributed by atoms with Gasteiger partial charge in [0.25, 0.3) is 0 Å². The molecule has 3 aromatic heterocycles. The van der Waals surface area contributed by atoms with Gasteiger partial charge in [-0.25, -0.2) is 41.0 Å². The zero-order valence-electron chi connectivity index (χ0n) is 42.0. The van der Waals surface area contributed by atoms with Gasteiger partial charge in [0.15, 0.2) is 16.6 Å². The Morgan fingerprint density at radius 2 is 0.963 bits per heavy atom. The molecule has 0 spiro atoms. The second-order valence-corrected chi connectivity index (χ2v) is 19.7. The summed E-state index contributed by atoms with van der Waals surface area (Å²) in [7, 11) is -4.14. The summed E-state index contributed by atoms with van der Waals surface area (Å²) >= 11 is 5.69. The number of carboxylic acid groups (broad SMARTS) is 2. The number of non-ortho nitro benzene ring substituents is 3. The first-order valence-electron chi connectivity index (χ1n) is 22.6. The third-order valence-electron chi connectivity index (χ3n) is 10.4. The smallest absolute Gasteiger partial charge is 0.323 e. The van der Waals surface area contributed by atoms with E-state index >= 15 is 0 Å². The van der Waals surface area contributed by atoms with E-state index in [0.29, 0.717) is 37.3 Å². The van der Waals surface area contributed by atoms with Crippen LogP contribution in [0.5, 0.6) is 0 Å². The van der Waals surface area contributed by atoms with E-state index in [1.54, 1.807) is 36.2 Å². The Bertz CT molecular complexity index is 3710. The summed E-state index contributed by atoms with van der Waals surface area (Å²) in [5.41, 5.74) is 8.04. The van der Waals surface area contributed by atoms with Crippen LogP contribution in [-0.4, -0.2) is 131 Å². The number of hydrogen-bond donors (Lipinski definition) is 6. The fourth-order valence-corrected chi connectivity index (χ4v) is 7.84. The quantitative estimate of drug-likeness (QED) is 0.0526. The standard InChI is InChI=1S/C17H18N6O6S.C9H8N4O5.C8H12N2O2S.C6H2ClN3O3.C4H8O2/c1-22(13-6-7-14(23(25)26)17-16(13)20-29-21-17)10-15(24)19-9-8-11-2-4-12(5-3-11)30(18,27)28;1-12(4-7(14)15)5-2-3-6(13(16)17)9-8(5)10-18-11-9;9-6-5-7-1-3-8(4-2-7)13(10,11)12;7-3-1-2-4(10(11)12)6-5(3)8-13-9-6;1-2-3-4(5)6/h2-7H,8-10H2,1H3,(H,19,24)(H2,18,27,28);2-3H,4H2,1H3,(H,14,15);1-4H,5-6,9H2,(H2,10,11,12);1-2H;2-3H2,1H3,(H,5,6). The monoisotopic (exact) mass is 1170 g/mol. The summed E-state index contributed by atoms with van der Waals surface area (Å²) in [5, 5.41) is 83.0. The van der Waals surface area contributed by atoms with Crippen molar-refractivity contribution in [1.82, 2.24) is 36.3 Å². The van der Waals surface area contributed by atoms with Gasteiger partial charge in [-0.05, 0) is 110 Å². The molecule has 5 aromatic carbocycles.